The molecule has 5 heteroatoms. The lowest BCUT2D eigenvalue weighted by atomic mass is 10.2. The van der Waals surface area contributed by atoms with Crippen LogP contribution in [0.25, 0.3) is 0 Å². The molecule has 4 N–H and O–H groups in total. The maximum atomic E-state index is 11.3. The summed E-state index contributed by atoms with van der Waals surface area (Å²) in [7, 11) is 1.49. The molecular formula is C12H19N3O2. The van der Waals surface area contributed by atoms with Crippen molar-refractivity contribution in [2.75, 3.05) is 30.9 Å². The first-order valence-electron chi connectivity index (χ1n) is 5.51. The average molecular weight is 237 g/mol. The van der Waals surface area contributed by atoms with Gasteiger partial charge in [-0.1, -0.05) is 6.07 Å². The summed E-state index contributed by atoms with van der Waals surface area (Å²) in [4.78, 5) is 11.3. The molecule has 0 heterocycles. The minimum Gasteiger partial charge on any atom is -0.381 e. The van der Waals surface area contributed by atoms with E-state index in [-0.39, 0.29) is 18.6 Å². The molecule has 1 atom stereocenters. The molecule has 0 spiro atoms. The molecular weight excluding hydrogens is 218 g/mol. The summed E-state index contributed by atoms with van der Waals surface area (Å²) in [6.07, 6.45) is 0. The number of amides is 1. The van der Waals surface area contributed by atoms with Crippen LogP contribution in [0.2, 0.25) is 0 Å². The second-order valence-electron chi connectivity index (χ2n) is 3.84. The van der Waals surface area contributed by atoms with Crippen LogP contribution in [0.5, 0.6) is 0 Å². The van der Waals surface area contributed by atoms with Crippen LogP contribution >= 0.6 is 0 Å². The summed E-state index contributed by atoms with van der Waals surface area (Å²) >= 11 is 0. The van der Waals surface area contributed by atoms with Crippen LogP contribution in [0.3, 0.4) is 0 Å². The fourth-order valence-electron chi connectivity index (χ4n) is 1.36. The van der Waals surface area contributed by atoms with Gasteiger partial charge in [-0.05, 0) is 25.1 Å². The molecule has 1 unspecified atom stereocenters. The zero-order valence-electron chi connectivity index (χ0n) is 10.2. The fourth-order valence-corrected chi connectivity index (χ4v) is 1.36. The molecule has 1 aromatic carbocycles. The topological polar surface area (TPSA) is 76.4 Å². The number of anilines is 2. The van der Waals surface area contributed by atoms with Gasteiger partial charge in [0.2, 0.25) is 5.91 Å². The number of hydrogen-bond donors (Lipinski definition) is 3. The standard InChI is InChI=1S/C12H19N3O2/c1-9(7-13)14-10-4-3-5-11(6-10)15-12(16)8-17-2/h3-6,9,14H,7-8,13H2,1-2H3,(H,15,16). The third-order valence-electron chi connectivity index (χ3n) is 2.19. The third-order valence-corrected chi connectivity index (χ3v) is 2.19. The maximum absolute atomic E-state index is 11.3. The highest BCUT2D eigenvalue weighted by molar-refractivity contribution is 5.92. The summed E-state index contributed by atoms with van der Waals surface area (Å²) in [5.41, 5.74) is 7.20. The van der Waals surface area contributed by atoms with Gasteiger partial charge in [-0.25, -0.2) is 0 Å². The highest BCUT2D eigenvalue weighted by Crippen LogP contribution is 2.15. The van der Waals surface area contributed by atoms with E-state index in [1.165, 1.54) is 7.11 Å². The fraction of sp³-hybridized carbons (Fsp3) is 0.417. The van der Waals surface area contributed by atoms with Crippen LogP contribution in [0.4, 0.5) is 11.4 Å². The second kappa shape index (κ2) is 6.88. The highest BCUT2D eigenvalue weighted by Gasteiger charge is 2.03. The molecule has 1 rings (SSSR count). The molecule has 0 aliphatic carbocycles. The largest absolute Gasteiger partial charge is 0.381 e. The Balaban J connectivity index is 2.62. The van der Waals surface area contributed by atoms with Gasteiger partial charge < -0.3 is 21.1 Å². The predicted molar refractivity (Wildman–Crippen MR) is 69.1 cm³/mol. The monoisotopic (exact) mass is 237 g/mol. The van der Waals surface area contributed by atoms with E-state index >= 15 is 0 Å². The minimum atomic E-state index is -0.170. The van der Waals surface area contributed by atoms with Crippen molar-refractivity contribution < 1.29 is 9.53 Å². The zero-order chi connectivity index (χ0) is 12.7. The van der Waals surface area contributed by atoms with Gasteiger partial charge in [0.1, 0.15) is 6.61 Å². The number of nitrogens with one attached hydrogen (secondary N) is 2. The molecule has 0 saturated carbocycles. The van der Waals surface area contributed by atoms with Gasteiger partial charge in [0.25, 0.3) is 0 Å². The first-order valence-corrected chi connectivity index (χ1v) is 5.51. The average Bonchev–Trinajstić information content (AvgIpc) is 2.29. The number of ether oxygens (including phenoxy) is 1. The normalized spacial score (nSPS) is 11.9. The lowest BCUT2D eigenvalue weighted by Crippen LogP contribution is -2.25. The third kappa shape index (κ3) is 4.84. The quantitative estimate of drug-likeness (QED) is 0.690. The number of methoxy groups -OCH3 is 1. The van der Waals surface area contributed by atoms with Crippen molar-refractivity contribution in [1.82, 2.24) is 0 Å². The van der Waals surface area contributed by atoms with Crippen LogP contribution < -0.4 is 16.4 Å². The van der Waals surface area contributed by atoms with Gasteiger partial charge in [0, 0.05) is 31.1 Å². The number of benzene rings is 1. The number of carbonyl (C=O) groups is 1. The molecule has 5 nitrogen and oxygen atoms in total. The van der Waals surface area contributed by atoms with Crippen molar-refractivity contribution in [3.63, 3.8) is 0 Å². The lowest BCUT2D eigenvalue weighted by Gasteiger charge is -2.14. The molecule has 0 radical (unpaired) electrons. The minimum absolute atomic E-state index is 0.0524. The maximum Gasteiger partial charge on any atom is 0.250 e. The van der Waals surface area contributed by atoms with E-state index in [2.05, 4.69) is 10.6 Å². The molecule has 0 aromatic heterocycles. The Bertz CT molecular complexity index is 369. The molecule has 0 bridgehead atoms. The Morgan fingerprint density at radius 3 is 2.82 bits per heavy atom. The van der Waals surface area contributed by atoms with Crippen molar-refractivity contribution >= 4 is 17.3 Å². The van der Waals surface area contributed by atoms with Crippen molar-refractivity contribution in [2.24, 2.45) is 5.73 Å². The number of carbonyl (C=O) groups excluding carboxylic acids is 1. The van der Waals surface area contributed by atoms with Crippen molar-refractivity contribution in [3.8, 4) is 0 Å². The molecule has 0 saturated heterocycles. The summed E-state index contributed by atoms with van der Waals surface area (Å²) in [5, 5.41) is 5.97. The lowest BCUT2D eigenvalue weighted by molar-refractivity contribution is -0.119. The molecule has 0 aliphatic heterocycles. The molecule has 1 aromatic rings. The van der Waals surface area contributed by atoms with E-state index < -0.39 is 0 Å². The van der Waals surface area contributed by atoms with Gasteiger partial charge in [-0.15, -0.1) is 0 Å². The Labute approximate surface area is 101 Å². The number of rotatable bonds is 6. The van der Waals surface area contributed by atoms with Gasteiger partial charge in [-0.2, -0.15) is 0 Å². The smallest absolute Gasteiger partial charge is 0.250 e. The SMILES string of the molecule is COCC(=O)Nc1cccc(NC(C)CN)c1. The van der Waals surface area contributed by atoms with Crippen LogP contribution in [-0.2, 0) is 9.53 Å². The Morgan fingerprint density at radius 1 is 1.47 bits per heavy atom. The number of hydrogen-bond acceptors (Lipinski definition) is 4. The van der Waals surface area contributed by atoms with Crippen LogP contribution in [0.1, 0.15) is 6.92 Å². The predicted octanol–water partition coefficient (Wildman–Crippen LogP) is 1.03. The van der Waals surface area contributed by atoms with E-state index in [4.69, 9.17) is 10.5 Å². The van der Waals surface area contributed by atoms with Crippen molar-refractivity contribution in [3.05, 3.63) is 24.3 Å². The highest BCUT2D eigenvalue weighted by atomic mass is 16.5. The molecule has 17 heavy (non-hydrogen) atoms. The first-order chi connectivity index (χ1) is 8.15. The van der Waals surface area contributed by atoms with Gasteiger partial charge in [0.15, 0.2) is 0 Å². The van der Waals surface area contributed by atoms with Gasteiger partial charge in [0.05, 0.1) is 0 Å². The van der Waals surface area contributed by atoms with E-state index in [1.54, 1.807) is 0 Å². The zero-order valence-corrected chi connectivity index (χ0v) is 10.2. The van der Waals surface area contributed by atoms with Crippen molar-refractivity contribution in [1.29, 1.82) is 0 Å². The summed E-state index contributed by atoms with van der Waals surface area (Å²) in [6, 6.07) is 7.68. The summed E-state index contributed by atoms with van der Waals surface area (Å²) in [5.74, 6) is -0.170. The summed E-state index contributed by atoms with van der Waals surface area (Å²) in [6.45, 7) is 2.60. The van der Waals surface area contributed by atoms with Crippen LogP contribution in [0.15, 0.2) is 24.3 Å². The molecule has 0 fully saturated rings. The molecule has 1 amide bonds. The van der Waals surface area contributed by atoms with Gasteiger partial charge >= 0.3 is 0 Å². The van der Waals surface area contributed by atoms with Gasteiger partial charge in [-0.3, -0.25) is 4.79 Å². The van der Waals surface area contributed by atoms with E-state index in [1.807, 2.05) is 31.2 Å². The van der Waals surface area contributed by atoms with E-state index in [0.717, 1.165) is 11.4 Å². The van der Waals surface area contributed by atoms with E-state index in [9.17, 15) is 4.79 Å². The molecule has 0 aliphatic rings. The Morgan fingerprint density at radius 2 is 2.18 bits per heavy atom. The second-order valence-corrected chi connectivity index (χ2v) is 3.84. The first kappa shape index (κ1) is 13.5. The van der Waals surface area contributed by atoms with Crippen molar-refractivity contribution in [2.45, 2.75) is 13.0 Å². The van der Waals surface area contributed by atoms with Crippen LogP contribution in [-0.4, -0.2) is 32.2 Å². The Kier molecular flexibility index (Phi) is 5.45. The number of nitrogens with two attached hydrogens (primary N) is 1. The van der Waals surface area contributed by atoms with Crippen LogP contribution in [0, 0.1) is 0 Å². The molecule has 94 valence electrons. The van der Waals surface area contributed by atoms with E-state index in [0.29, 0.717) is 6.54 Å². The Hall–Kier alpha value is -1.59. The summed E-state index contributed by atoms with van der Waals surface area (Å²) < 4.78 is 4.74.